The molecule has 146 valence electrons. The van der Waals surface area contributed by atoms with Crippen molar-refractivity contribution < 1.29 is 23.1 Å². The third-order valence-corrected chi connectivity index (χ3v) is 3.79. The highest BCUT2D eigenvalue weighted by atomic mass is 19.4. The summed E-state index contributed by atoms with van der Waals surface area (Å²) in [5.74, 6) is -1.13. The van der Waals surface area contributed by atoms with E-state index in [2.05, 4.69) is 10.7 Å². The standard InChI is InChI=1S/C18H21F3N4O2/c1-25(2)24-16(15(22)17(26)27)23-14-8-6-11(7-9-14)12-4-3-5-13(10-12)18(19,20)21/h3-8,10,14,23-24H,9,22H2,1-2H3,(H,26,27)/b16-15-. The number of allylic oxidation sites excluding steroid dienone is 2. The molecule has 0 saturated carbocycles. The van der Waals surface area contributed by atoms with Gasteiger partial charge in [-0.25, -0.2) is 9.80 Å². The lowest BCUT2D eigenvalue weighted by Crippen LogP contribution is -2.43. The quantitative estimate of drug-likeness (QED) is 0.446. The summed E-state index contributed by atoms with van der Waals surface area (Å²) in [5, 5.41) is 13.6. The van der Waals surface area contributed by atoms with E-state index < -0.39 is 17.7 Å². The van der Waals surface area contributed by atoms with Gasteiger partial charge in [0.05, 0.1) is 5.56 Å². The van der Waals surface area contributed by atoms with Crippen LogP contribution >= 0.6 is 0 Å². The summed E-state index contributed by atoms with van der Waals surface area (Å²) >= 11 is 0. The smallest absolute Gasteiger partial charge is 0.416 e. The third-order valence-electron chi connectivity index (χ3n) is 3.79. The van der Waals surface area contributed by atoms with E-state index in [9.17, 15) is 18.0 Å². The van der Waals surface area contributed by atoms with Gasteiger partial charge in [-0.15, -0.1) is 0 Å². The molecular formula is C18H21F3N4O2. The molecule has 1 aliphatic rings. The molecule has 0 radical (unpaired) electrons. The van der Waals surface area contributed by atoms with Crippen LogP contribution in [0, 0.1) is 0 Å². The number of carboxylic acids is 1. The monoisotopic (exact) mass is 382 g/mol. The van der Waals surface area contributed by atoms with Crippen molar-refractivity contribution in [2.45, 2.75) is 18.6 Å². The normalized spacial score (nSPS) is 18.0. The molecule has 0 spiro atoms. The molecule has 27 heavy (non-hydrogen) atoms. The lowest BCUT2D eigenvalue weighted by Gasteiger charge is -2.25. The van der Waals surface area contributed by atoms with Crippen molar-refractivity contribution in [1.82, 2.24) is 15.8 Å². The first kappa shape index (κ1) is 20.4. The number of aliphatic carboxylic acids is 1. The second kappa shape index (κ2) is 8.17. The zero-order valence-corrected chi connectivity index (χ0v) is 14.8. The number of carboxylic acid groups (broad SMARTS) is 1. The highest BCUT2D eigenvalue weighted by Gasteiger charge is 2.30. The predicted octanol–water partition coefficient (Wildman–Crippen LogP) is 2.29. The average Bonchev–Trinajstić information content (AvgIpc) is 2.60. The van der Waals surface area contributed by atoms with Gasteiger partial charge < -0.3 is 21.6 Å². The van der Waals surface area contributed by atoms with Crippen LogP contribution in [0.15, 0.2) is 54.0 Å². The molecular weight excluding hydrogens is 361 g/mol. The number of nitrogens with one attached hydrogen (secondary N) is 2. The summed E-state index contributed by atoms with van der Waals surface area (Å²) in [7, 11) is 3.36. The number of carbonyl (C=O) groups is 1. The molecule has 1 aromatic carbocycles. The molecule has 0 amide bonds. The number of rotatable bonds is 6. The fourth-order valence-corrected chi connectivity index (χ4v) is 2.50. The minimum Gasteiger partial charge on any atom is -0.476 e. The van der Waals surface area contributed by atoms with Crippen molar-refractivity contribution in [3.8, 4) is 0 Å². The van der Waals surface area contributed by atoms with Crippen molar-refractivity contribution in [3.63, 3.8) is 0 Å². The van der Waals surface area contributed by atoms with Crippen molar-refractivity contribution in [2.24, 2.45) is 5.73 Å². The highest BCUT2D eigenvalue weighted by Crippen LogP contribution is 2.32. The minimum atomic E-state index is -4.40. The van der Waals surface area contributed by atoms with Gasteiger partial charge in [-0.2, -0.15) is 13.2 Å². The summed E-state index contributed by atoms with van der Waals surface area (Å²) in [6, 6.07) is 4.85. The molecule has 6 nitrogen and oxygen atoms in total. The van der Waals surface area contributed by atoms with E-state index in [-0.39, 0.29) is 17.6 Å². The van der Waals surface area contributed by atoms with Crippen LogP contribution in [0.2, 0.25) is 0 Å². The second-order valence-corrected chi connectivity index (χ2v) is 6.18. The van der Waals surface area contributed by atoms with E-state index in [1.807, 2.05) is 0 Å². The van der Waals surface area contributed by atoms with Gasteiger partial charge >= 0.3 is 12.1 Å². The van der Waals surface area contributed by atoms with Crippen LogP contribution in [0.25, 0.3) is 5.57 Å². The Hall–Kier alpha value is -2.94. The summed E-state index contributed by atoms with van der Waals surface area (Å²) in [5.41, 5.74) is 8.43. The van der Waals surface area contributed by atoms with Crippen molar-refractivity contribution in [1.29, 1.82) is 0 Å². The highest BCUT2D eigenvalue weighted by molar-refractivity contribution is 5.86. The fourth-order valence-electron chi connectivity index (χ4n) is 2.50. The number of hydrogen-bond donors (Lipinski definition) is 4. The maximum Gasteiger partial charge on any atom is 0.416 e. The Kier molecular flexibility index (Phi) is 6.17. The number of hydrogen-bond acceptors (Lipinski definition) is 5. The van der Waals surface area contributed by atoms with Crippen molar-refractivity contribution in [2.75, 3.05) is 14.1 Å². The Labute approximate surface area is 154 Å². The van der Waals surface area contributed by atoms with Crippen LogP contribution in [-0.2, 0) is 11.0 Å². The van der Waals surface area contributed by atoms with E-state index in [4.69, 9.17) is 10.8 Å². The van der Waals surface area contributed by atoms with Crippen LogP contribution < -0.4 is 16.5 Å². The summed E-state index contributed by atoms with van der Waals surface area (Å²) in [4.78, 5) is 11.1. The Morgan fingerprint density at radius 3 is 2.56 bits per heavy atom. The molecule has 0 heterocycles. The van der Waals surface area contributed by atoms with Gasteiger partial charge in [0.15, 0.2) is 5.70 Å². The molecule has 2 rings (SSSR count). The van der Waals surface area contributed by atoms with Gasteiger partial charge in [0, 0.05) is 20.1 Å². The van der Waals surface area contributed by atoms with E-state index in [1.54, 1.807) is 38.4 Å². The van der Waals surface area contributed by atoms with Crippen molar-refractivity contribution in [3.05, 3.63) is 65.1 Å². The SMILES string of the molecule is CN(C)N/C(NC1C=CC(c2cccc(C(F)(F)F)c2)=CC1)=C(\N)C(=O)O. The first-order chi connectivity index (χ1) is 12.6. The van der Waals surface area contributed by atoms with Crippen LogP contribution in [0.4, 0.5) is 13.2 Å². The van der Waals surface area contributed by atoms with Gasteiger partial charge in [-0.05, 0) is 29.7 Å². The minimum absolute atomic E-state index is 0.137. The van der Waals surface area contributed by atoms with E-state index in [0.29, 0.717) is 17.6 Å². The lowest BCUT2D eigenvalue weighted by molar-refractivity contribution is -0.137. The number of halogens is 3. The third kappa shape index (κ3) is 5.52. The summed E-state index contributed by atoms with van der Waals surface area (Å²) in [6.07, 6.45) is 1.29. The summed E-state index contributed by atoms with van der Waals surface area (Å²) in [6.45, 7) is 0. The molecule has 0 aliphatic heterocycles. The largest absolute Gasteiger partial charge is 0.476 e. The van der Waals surface area contributed by atoms with Crippen LogP contribution in [0.5, 0.6) is 0 Å². The van der Waals surface area contributed by atoms with Gasteiger partial charge in [-0.3, -0.25) is 0 Å². The molecule has 0 fully saturated rings. The molecule has 5 N–H and O–H groups in total. The fraction of sp³-hybridized carbons (Fsp3) is 0.278. The molecule has 1 atom stereocenters. The molecule has 9 heteroatoms. The van der Waals surface area contributed by atoms with Gasteiger partial charge in [-0.1, -0.05) is 30.4 Å². The number of nitrogens with two attached hydrogens (primary N) is 1. The maximum atomic E-state index is 12.9. The Morgan fingerprint density at radius 2 is 2.04 bits per heavy atom. The Morgan fingerprint density at radius 1 is 1.33 bits per heavy atom. The van der Waals surface area contributed by atoms with Crippen molar-refractivity contribution >= 4 is 11.5 Å². The number of alkyl halides is 3. The maximum absolute atomic E-state index is 12.9. The Bertz CT molecular complexity index is 798. The second-order valence-electron chi connectivity index (χ2n) is 6.18. The summed E-state index contributed by atoms with van der Waals surface area (Å²) < 4.78 is 38.6. The molecule has 0 bridgehead atoms. The predicted molar refractivity (Wildman–Crippen MR) is 95.8 cm³/mol. The first-order valence-corrected chi connectivity index (χ1v) is 8.07. The van der Waals surface area contributed by atoms with Crippen LogP contribution in [-0.4, -0.2) is 36.2 Å². The number of benzene rings is 1. The number of hydrazine groups is 1. The molecule has 1 aliphatic carbocycles. The van der Waals surface area contributed by atoms with Gasteiger partial charge in [0.2, 0.25) is 0 Å². The molecule has 1 unspecified atom stereocenters. The lowest BCUT2D eigenvalue weighted by atomic mass is 9.96. The first-order valence-electron chi connectivity index (χ1n) is 8.07. The van der Waals surface area contributed by atoms with E-state index in [1.165, 1.54) is 11.1 Å². The van der Waals surface area contributed by atoms with Crippen LogP contribution in [0.3, 0.4) is 0 Å². The Balaban J connectivity index is 2.14. The average molecular weight is 382 g/mol. The molecule has 0 saturated heterocycles. The van der Waals surface area contributed by atoms with Gasteiger partial charge in [0.25, 0.3) is 0 Å². The molecule has 0 aromatic heterocycles. The molecule has 1 aromatic rings. The zero-order chi connectivity index (χ0) is 20.2. The van der Waals surface area contributed by atoms with E-state index >= 15 is 0 Å². The van der Waals surface area contributed by atoms with Crippen LogP contribution in [0.1, 0.15) is 17.5 Å². The van der Waals surface area contributed by atoms with Gasteiger partial charge in [0.1, 0.15) is 5.82 Å². The topological polar surface area (TPSA) is 90.6 Å². The van der Waals surface area contributed by atoms with E-state index in [0.717, 1.165) is 12.1 Å². The zero-order valence-electron chi connectivity index (χ0n) is 14.8. The number of nitrogens with zero attached hydrogens (tertiary/aromatic N) is 1.